The maximum absolute atomic E-state index is 5.88. The van der Waals surface area contributed by atoms with Gasteiger partial charge >= 0.3 is 0 Å². The third-order valence-corrected chi connectivity index (χ3v) is 4.15. The Balaban J connectivity index is 1.62. The Morgan fingerprint density at radius 3 is 3.00 bits per heavy atom. The van der Waals surface area contributed by atoms with Crippen molar-refractivity contribution in [3.63, 3.8) is 0 Å². The number of ether oxygens (including phenoxy) is 2. The third-order valence-electron chi connectivity index (χ3n) is 4.15. The molecule has 1 N–H and O–H groups in total. The second-order valence-electron chi connectivity index (χ2n) is 6.12. The summed E-state index contributed by atoms with van der Waals surface area (Å²) in [4.78, 5) is 9.20. The molecule has 1 saturated heterocycles. The van der Waals surface area contributed by atoms with Gasteiger partial charge in [0.05, 0.1) is 19.3 Å². The van der Waals surface area contributed by atoms with E-state index in [9.17, 15) is 0 Å². The van der Waals surface area contributed by atoms with E-state index in [4.69, 9.17) is 9.47 Å². The van der Waals surface area contributed by atoms with E-state index in [0.29, 0.717) is 6.61 Å². The van der Waals surface area contributed by atoms with Crippen LogP contribution in [0.25, 0.3) is 0 Å². The minimum atomic E-state index is 0.242. The Morgan fingerprint density at radius 2 is 2.19 bits per heavy atom. The smallest absolute Gasteiger partial charge is 0.133 e. The first-order valence-electron chi connectivity index (χ1n) is 8.04. The number of hydrogen-bond acceptors (Lipinski definition) is 5. The van der Waals surface area contributed by atoms with Crippen molar-refractivity contribution in [2.45, 2.75) is 58.1 Å². The zero-order valence-electron chi connectivity index (χ0n) is 13.0. The van der Waals surface area contributed by atoms with Gasteiger partial charge < -0.3 is 14.8 Å². The molecule has 1 aromatic rings. The van der Waals surface area contributed by atoms with E-state index < -0.39 is 0 Å². The Hall–Kier alpha value is -1.20. The highest BCUT2D eigenvalue weighted by molar-refractivity contribution is 5.48. The van der Waals surface area contributed by atoms with Crippen LogP contribution in [0.2, 0.25) is 0 Å². The highest BCUT2D eigenvalue weighted by atomic mass is 16.5. The lowest BCUT2D eigenvalue weighted by molar-refractivity contribution is 0.0394. The van der Waals surface area contributed by atoms with Gasteiger partial charge in [0.1, 0.15) is 11.6 Å². The molecule has 116 valence electrons. The molecule has 0 saturated carbocycles. The molecule has 5 heteroatoms. The fourth-order valence-electron chi connectivity index (χ4n) is 3.04. The van der Waals surface area contributed by atoms with Crippen LogP contribution in [0.3, 0.4) is 0 Å². The number of aromatic nitrogens is 2. The molecule has 0 spiro atoms. The quantitative estimate of drug-likeness (QED) is 0.902. The summed E-state index contributed by atoms with van der Waals surface area (Å²) in [7, 11) is 0. The van der Waals surface area contributed by atoms with E-state index in [-0.39, 0.29) is 12.1 Å². The van der Waals surface area contributed by atoms with Gasteiger partial charge in [0, 0.05) is 23.9 Å². The number of nitrogens with one attached hydrogen (secondary N) is 1. The monoisotopic (exact) mass is 291 g/mol. The largest absolute Gasteiger partial charge is 0.379 e. The normalized spacial score (nSPS) is 22.9. The molecule has 0 amide bonds. The average Bonchev–Trinajstić information content (AvgIpc) is 2.98. The van der Waals surface area contributed by atoms with Crippen LogP contribution in [-0.2, 0) is 22.3 Å². The summed E-state index contributed by atoms with van der Waals surface area (Å²) >= 11 is 0. The number of rotatable bonds is 5. The molecule has 0 radical (unpaired) electrons. The van der Waals surface area contributed by atoms with Crippen molar-refractivity contribution < 1.29 is 9.47 Å². The zero-order chi connectivity index (χ0) is 14.7. The fraction of sp³-hybridized carbons (Fsp3) is 0.750. The molecule has 1 aliphatic carbocycles. The first kappa shape index (κ1) is 14.7. The van der Waals surface area contributed by atoms with E-state index >= 15 is 0 Å². The summed E-state index contributed by atoms with van der Waals surface area (Å²) in [5, 5.41) is 3.52. The summed E-state index contributed by atoms with van der Waals surface area (Å²) in [6.45, 7) is 6.35. The van der Waals surface area contributed by atoms with Crippen LogP contribution in [0.15, 0.2) is 0 Å². The minimum absolute atomic E-state index is 0.242. The molecule has 0 aromatic carbocycles. The van der Waals surface area contributed by atoms with E-state index in [1.807, 2.05) is 6.92 Å². The van der Waals surface area contributed by atoms with Crippen molar-refractivity contribution in [3.8, 4) is 0 Å². The van der Waals surface area contributed by atoms with Gasteiger partial charge in [-0.25, -0.2) is 9.97 Å². The summed E-state index contributed by atoms with van der Waals surface area (Å²) < 4.78 is 11.2. The van der Waals surface area contributed by atoms with Crippen LogP contribution in [0, 0.1) is 6.92 Å². The van der Waals surface area contributed by atoms with Crippen molar-refractivity contribution in [2.24, 2.45) is 0 Å². The Labute approximate surface area is 126 Å². The number of hydrogen-bond donors (Lipinski definition) is 1. The van der Waals surface area contributed by atoms with E-state index in [1.54, 1.807) is 0 Å². The maximum atomic E-state index is 5.88. The Morgan fingerprint density at radius 1 is 1.33 bits per heavy atom. The maximum Gasteiger partial charge on any atom is 0.133 e. The molecular weight excluding hydrogens is 266 g/mol. The van der Waals surface area contributed by atoms with Crippen LogP contribution >= 0.6 is 0 Å². The van der Waals surface area contributed by atoms with Crippen molar-refractivity contribution >= 4 is 5.82 Å². The van der Waals surface area contributed by atoms with E-state index in [0.717, 1.165) is 44.1 Å². The Kier molecular flexibility index (Phi) is 4.70. The van der Waals surface area contributed by atoms with Crippen molar-refractivity contribution in [1.82, 2.24) is 9.97 Å². The number of fused-ring (bicyclic) bond motifs is 1. The van der Waals surface area contributed by atoms with Crippen molar-refractivity contribution in [3.05, 3.63) is 17.1 Å². The lowest BCUT2D eigenvalue weighted by Gasteiger charge is -2.22. The van der Waals surface area contributed by atoms with Gasteiger partial charge in [-0.1, -0.05) is 0 Å². The molecule has 3 rings (SSSR count). The average molecular weight is 291 g/mol. The van der Waals surface area contributed by atoms with Crippen LogP contribution in [0.1, 0.15) is 43.3 Å². The van der Waals surface area contributed by atoms with Gasteiger partial charge in [0.25, 0.3) is 0 Å². The summed E-state index contributed by atoms with van der Waals surface area (Å²) in [6.07, 6.45) is 5.91. The van der Waals surface area contributed by atoms with Crippen LogP contribution < -0.4 is 5.32 Å². The van der Waals surface area contributed by atoms with Gasteiger partial charge in [-0.15, -0.1) is 0 Å². The number of nitrogens with zero attached hydrogens (tertiary/aromatic N) is 2. The number of aryl methyl sites for hydroxylation is 2. The molecule has 1 aromatic heterocycles. The lowest BCUT2D eigenvalue weighted by atomic mass is 9.96. The molecule has 21 heavy (non-hydrogen) atoms. The van der Waals surface area contributed by atoms with Crippen LogP contribution in [0.4, 0.5) is 5.82 Å². The first-order chi connectivity index (χ1) is 10.2. The molecule has 1 fully saturated rings. The Bertz CT molecular complexity index is 487. The van der Waals surface area contributed by atoms with Gasteiger partial charge in [-0.3, -0.25) is 0 Å². The second-order valence-corrected chi connectivity index (χ2v) is 6.12. The van der Waals surface area contributed by atoms with Crippen molar-refractivity contribution in [2.75, 3.05) is 25.1 Å². The molecule has 2 heterocycles. The molecule has 2 atom stereocenters. The SMILES string of the molecule is Cc1nc2c(c(NC(C)COC3CCOC3)n1)CCCC2. The summed E-state index contributed by atoms with van der Waals surface area (Å²) in [6, 6.07) is 0.242. The fourth-order valence-corrected chi connectivity index (χ4v) is 3.04. The second kappa shape index (κ2) is 6.71. The topological polar surface area (TPSA) is 56.3 Å². The van der Waals surface area contributed by atoms with Crippen LogP contribution in [0.5, 0.6) is 0 Å². The van der Waals surface area contributed by atoms with Crippen LogP contribution in [-0.4, -0.2) is 41.9 Å². The molecule has 2 aliphatic rings. The van der Waals surface area contributed by atoms with Gasteiger partial charge in [-0.2, -0.15) is 0 Å². The molecule has 0 bridgehead atoms. The molecular formula is C16H25N3O2. The first-order valence-corrected chi connectivity index (χ1v) is 8.04. The highest BCUT2D eigenvalue weighted by Gasteiger charge is 2.20. The predicted octanol–water partition coefficient (Wildman–Crippen LogP) is 2.27. The molecule has 1 aliphatic heterocycles. The van der Waals surface area contributed by atoms with Crippen molar-refractivity contribution in [1.29, 1.82) is 0 Å². The third kappa shape index (κ3) is 3.71. The van der Waals surface area contributed by atoms with Gasteiger partial charge in [-0.05, 0) is 46.0 Å². The summed E-state index contributed by atoms with van der Waals surface area (Å²) in [5.41, 5.74) is 2.54. The lowest BCUT2D eigenvalue weighted by Crippen LogP contribution is -2.27. The van der Waals surface area contributed by atoms with Gasteiger partial charge in [0.2, 0.25) is 0 Å². The highest BCUT2D eigenvalue weighted by Crippen LogP contribution is 2.25. The predicted molar refractivity (Wildman–Crippen MR) is 81.7 cm³/mol. The summed E-state index contributed by atoms with van der Waals surface area (Å²) in [5.74, 6) is 1.87. The molecule has 2 unspecified atom stereocenters. The number of anilines is 1. The zero-order valence-corrected chi connectivity index (χ0v) is 13.0. The minimum Gasteiger partial charge on any atom is -0.379 e. The van der Waals surface area contributed by atoms with Gasteiger partial charge in [0.15, 0.2) is 0 Å². The standard InChI is InChI=1S/C16H25N3O2/c1-11(9-21-13-7-8-20-10-13)17-16-14-5-3-4-6-15(14)18-12(2)19-16/h11,13H,3-10H2,1-2H3,(H,17,18,19). The molecule has 5 nitrogen and oxygen atoms in total. The van der Waals surface area contributed by atoms with E-state index in [1.165, 1.54) is 24.1 Å². The van der Waals surface area contributed by atoms with E-state index in [2.05, 4.69) is 22.2 Å².